The zero-order valence-corrected chi connectivity index (χ0v) is 22.1. The fourth-order valence-corrected chi connectivity index (χ4v) is 4.49. The van der Waals surface area contributed by atoms with Gasteiger partial charge in [0.05, 0.1) is 40.7 Å². The van der Waals surface area contributed by atoms with E-state index in [1.807, 2.05) is 6.92 Å². The minimum absolute atomic E-state index is 0.0454. The molecule has 10 heteroatoms. The van der Waals surface area contributed by atoms with Gasteiger partial charge >= 0.3 is 0 Å². The lowest BCUT2D eigenvalue weighted by Crippen LogP contribution is -2.33. The number of nitriles is 1. The lowest BCUT2D eigenvalue weighted by atomic mass is 10.0. The van der Waals surface area contributed by atoms with Gasteiger partial charge in [-0.1, -0.05) is 17.2 Å². The fraction of sp³-hybridized carbons (Fsp3) is 0.321. The average Bonchev–Trinajstić information content (AvgIpc) is 2.91. The molecule has 4 rings (SSSR count). The van der Waals surface area contributed by atoms with Crippen molar-refractivity contribution in [3.05, 3.63) is 64.6 Å². The number of hydrogen-bond acceptors (Lipinski definition) is 7. The van der Waals surface area contributed by atoms with Gasteiger partial charge in [0.25, 0.3) is 0 Å². The molecule has 0 aliphatic carbocycles. The summed E-state index contributed by atoms with van der Waals surface area (Å²) in [7, 11) is 1.69. The highest BCUT2D eigenvalue weighted by molar-refractivity contribution is 6.31. The van der Waals surface area contributed by atoms with Crippen LogP contribution in [0.3, 0.4) is 0 Å². The summed E-state index contributed by atoms with van der Waals surface area (Å²) in [6, 6.07) is 9.79. The molecule has 8 nitrogen and oxygen atoms in total. The van der Waals surface area contributed by atoms with Crippen LogP contribution in [0.5, 0.6) is 5.75 Å². The molecule has 0 spiro atoms. The Hall–Kier alpha value is -3.71. The molecule has 0 bridgehead atoms. The maximum atomic E-state index is 13.7. The van der Waals surface area contributed by atoms with Crippen molar-refractivity contribution >= 4 is 45.5 Å². The third-order valence-corrected chi connectivity index (χ3v) is 6.57. The Morgan fingerprint density at radius 1 is 1.29 bits per heavy atom. The van der Waals surface area contributed by atoms with E-state index in [0.29, 0.717) is 46.9 Å². The second kappa shape index (κ2) is 12.7. The zero-order valence-electron chi connectivity index (χ0n) is 21.3. The van der Waals surface area contributed by atoms with Crippen LogP contribution in [0, 0.1) is 17.1 Å². The number of carbonyl (C=O) groups is 1. The summed E-state index contributed by atoms with van der Waals surface area (Å²) in [5.41, 5.74) is 3.33. The molecule has 198 valence electrons. The number of pyridine rings is 1. The topological polar surface area (TPSA) is 99.5 Å². The number of ether oxygens (including phenoxy) is 2. The summed E-state index contributed by atoms with van der Waals surface area (Å²) in [6.07, 6.45) is 4.73. The molecule has 0 unspecified atom stereocenters. The van der Waals surface area contributed by atoms with Crippen LogP contribution in [-0.4, -0.2) is 55.7 Å². The smallest absolute Gasteiger partial charge is 0.248 e. The summed E-state index contributed by atoms with van der Waals surface area (Å²) in [6.45, 7) is 5.58. The molecule has 0 saturated carbocycles. The molecule has 0 atom stereocenters. The first-order valence-electron chi connectivity index (χ1n) is 12.3. The predicted octanol–water partition coefficient (Wildman–Crippen LogP) is 5.65. The third-order valence-electron chi connectivity index (χ3n) is 6.28. The second-order valence-electron chi connectivity index (χ2n) is 8.84. The highest BCUT2D eigenvalue weighted by atomic mass is 35.5. The van der Waals surface area contributed by atoms with Crippen molar-refractivity contribution in [3.63, 3.8) is 0 Å². The normalized spacial score (nSPS) is 13.7. The number of methoxy groups -OCH3 is 1. The molecule has 1 amide bonds. The molecule has 1 fully saturated rings. The number of anilines is 3. The van der Waals surface area contributed by atoms with E-state index in [1.165, 1.54) is 24.4 Å². The second-order valence-corrected chi connectivity index (χ2v) is 9.24. The van der Waals surface area contributed by atoms with E-state index >= 15 is 0 Å². The van der Waals surface area contributed by atoms with Gasteiger partial charge in [-0.2, -0.15) is 5.26 Å². The summed E-state index contributed by atoms with van der Waals surface area (Å²) in [5.74, 6) is -0.331. The van der Waals surface area contributed by atoms with Crippen molar-refractivity contribution in [2.75, 3.05) is 50.6 Å². The molecule has 2 heterocycles. The summed E-state index contributed by atoms with van der Waals surface area (Å²) >= 11 is 5.95. The van der Waals surface area contributed by atoms with Gasteiger partial charge in [0, 0.05) is 56.2 Å². The average molecular weight is 538 g/mol. The number of nitrogens with zero attached hydrogens (tertiary/aromatic N) is 3. The van der Waals surface area contributed by atoms with Gasteiger partial charge in [0.1, 0.15) is 17.6 Å². The number of carbonyl (C=O) groups excluding carboxylic acids is 1. The van der Waals surface area contributed by atoms with Gasteiger partial charge in [-0.25, -0.2) is 4.39 Å². The number of hydrogen-bond donors (Lipinski definition) is 2. The molecule has 0 radical (unpaired) electrons. The van der Waals surface area contributed by atoms with E-state index in [4.69, 9.17) is 21.1 Å². The SMILES string of the molecule is CCOc1cc2ncc(C#N)c(Nc3ccc(F)c(Cl)c3)c2cc1NC(=O)C=C1CCN(CCOC)CC1. The van der Waals surface area contributed by atoms with E-state index in [-0.39, 0.29) is 16.5 Å². The van der Waals surface area contributed by atoms with E-state index in [1.54, 1.807) is 25.3 Å². The lowest BCUT2D eigenvalue weighted by molar-refractivity contribution is -0.112. The molecule has 2 N–H and O–H groups in total. The summed E-state index contributed by atoms with van der Waals surface area (Å²) in [4.78, 5) is 19.7. The number of rotatable bonds is 9. The maximum Gasteiger partial charge on any atom is 0.248 e. The Bertz CT molecular complexity index is 1400. The third kappa shape index (κ3) is 6.58. The van der Waals surface area contributed by atoms with E-state index in [2.05, 4.69) is 26.6 Å². The molecular formula is C28H29ClFN5O3. The van der Waals surface area contributed by atoms with Crippen LogP contribution in [0.15, 0.2) is 48.2 Å². The number of benzene rings is 2. The Kier molecular flexibility index (Phi) is 9.13. The van der Waals surface area contributed by atoms with Crippen LogP contribution < -0.4 is 15.4 Å². The van der Waals surface area contributed by atoms with Crippen LogP contribution in [-0.2, 0) is 9.53 Å². The molecule has 1 aliphatic rings. The Labute approximate surface area is 226 Å². The van der Waals surface area contributed by atoms with E-state index < -0.39 is 5.82 Å². The maximum absolute atomic E-state index is 13.7. The predicted molar refractivity (Wildman–Crippen MR) is 147 cm³/mol. The highest BCUT2D eigenvalue weighted by Gasteiger charge is 2.18. The van der Waals surface area contributed by atoms with Crippen molar-refractivity contribution in [2.45, 2.75) is 19.8 Å². The Balaban J connectivity index is 1.63. The lowest BCUT2D eigenvalue weighted by Gasteiger charge is -2.27. The first-order valence-corrected chi connectivity index (χ1v) is 12.7. The molecule has 2 aromatic carbocycles. The number of aromatic nitrogens is 1. The minimum Gasteiger partial charge on any atom is -0.492 e. The Morgan fingerprint density at radius 2 is 2.08 bits per heavy atom. The van der Waals surface area contributed by atoms with Crippen LogP contribution in [0.2, 0.25) is 5.02 Å². The van der Waals surface area contributed by atoms with Gasteiger partial charge < -0.3 is 25.0 Å². The van der Waals surface area contributed by atoms with E-state index in [0.717, 1.165) is 38.0 Å². The quantitative estimate of drug-likeness (QED) is 0.340. The monoisotopic (exact) mass is 537 g/mol. The fourth-order valence-electron chi connectivity index (χ4n) is 4.31. The number of amides is 1. The number of piperidine rings is 1. The van der Waals surface area contributed by atoms with Crippen molar-refractivity contribution in [3.8, 4) is 11.8 Å². The van der Waals surface area contributed by atoms with Gasteiger partial charge in [0.15, 0.2) is 0 Å². The number of nitrogens with one attached hydrogen (secondary N) is 2. The molecule has 1 saturated heterocycles. The molecule has 1 aliphatic heterocycles. The number of fused-ring (bicyclic) bond motifs is 1. The van der Waals surface area contributed by atoms with Gasteiger partial charge in [-0.15, -0.1) is 0 Å². The van der Waals surface area contributed by atoms with Crippen LogP contribution in [0.4, 0.5) is 21.5 Å². The van der Waals surface area contributed by atoms with Gasteiger partial charge in [-0.05, 0) is 44.0 Å². The summed E-state index contributed by atoms with van der Waals surface area (Å²) in [5, 5.41) is 16.4. The largest absolute Gasteiger partial charge is 0.492 e. The molecule has 38 heavy (non-hydrogen) atoms. The molecular weight excluding hydrogens is 509 g/mol. The van der Waals surface area contributed by atoms with Crippen LogP contribution >= 0.6 is 11.6 Å². The standard InChI is InChI=1S/C28H29ClFN5O3/c1-3-38-26-15-24-21(28(19(16-31)17-32-24)33-20-4-5-23(30)22(29)13-20)14-25(26)34-27(36)12-18-6-8-35(9-7-18)10-11-37-2/h4-5,12-15,17H,3,6-11H2,1-2H3,(H,32,33)(H,34,36). The molecule has 1 aromatic heterocycles. The van der Waals surface area contributed by atoms with Crippen molar-refractivity contribution in [2.24, 2.45) is 0 Å². The van der Waals surface area contributed by atoms with Crippen LogP contribution in [0.1, 0.15) is 25.3 Å². The molecule has 3 aromatic rings. The van der Waals surface area contributed by atoms with Crippen LogP contribution in [0.25, 0.3) is 10.9 Å². The number of likely N-dealkylation sites (tertiary alicyclic amines) is 1. The van der Waals surface area contributed by atoms with Gasteiger partial charge in [0.2, 0.25) is 5.91 Å². The van der Waals surface area contributed by atoms with Crippen molar-refractivity contribution in [1.82, 2.24) is 9.88 Å². The summed E-state index contributed by atoms with van der Waals surface area (Å²) < 4.78 is 24.6. The minimum atomic E-state index is -0.543. The highest BCUT2D eigenvalue weighted by Crippen LogP contribution is 2.36. The van der Waals surface area contributed by atoms with Crippen molar-refractivity contribution in [1.29, 1.82) is 5.26 Å². The zero-order chi connectivity index (χ0) is 27.1. The van der Waals surface area contributed by atoms with Gasteiger partial charge in [-0.3, -0.25) is 9.78 Å². The Morgan fingerprint density at radius 3 is 2.76 bits per heavy atom. The first-order chi connectivity index (χ1) is 18.4. The first kappa shape index (κ1) is 27.3. The van der Waals surface area contributed by atoms with E-state index in [9.17, 15) is 14.4 Å². The number of halogens is 2. The van der Waals surface area contributed by atoms with Crippen molar-refractivity contribution < 1.29 is 18.7 Å².